The predicted octanol–water partition coefficient (Wildman–Crippen LogP) is 3.43. The molecule has 148 valence electrons. The lowest BCUT2D eigenvalue weighted by atomic mass is 9.87. The highest BCUT2D eigenvalue weighted by Gasteiger charge is 2.59. The van der Waals surface area contributed by atoms with Crippen LogP contribution in [0.5, 0.6) is 11.5 Å². The number of rotatable bonds is 3. The Morgan fingerprint density at radius 2 is 1.86 bits per heavy atom. The zero-order valence-corrected chi connectivity index (χ0v) is 16.5. The highest BCUT2D eigenvalue weighted by Crippen LogP contribution is 2.47. The van der Waals surface area contributed by atoms with Gasteiger partial charge in [-0.25, -0.2) is 9.69 Å². The van der Waals surface area contributed by atoms with Crippen LogP contribution in [0.25, 0.3) is 10.9 Å². The standard InChI is InChI=1S/C22H21N3O4/c1-22-19-15(14-6-4-5-7-16(14)23-19)10-11-24(22)21(27)25(20(22)26)17-12-13(28-2)8-9-18(17)29-3/h4-9,12,23H,10-11H2,1-3H3/t22-/m1/s1. The molecule has 29 heavy (non-hydrogen) atoms. The summed E-state index contributed by atoms with van der Waals surface area (Å²) in [6, 6.07) is 12.7. The minimum Gasteiger partial charge on any atom is -0.497 e. The van der Waals surface area contributed by atoms with E-state index in [9.17, 15) is 9.59 Å². The summed E-state index contributed by atoms with van der Waals surface area (Å²) in [5, 5.41) is 1.10. The molecule has 1 atom stereocenters. The minimum absolute atomic E-state index is 0.304. The van der Waals surface area contributed by atoms with Crippen LogP contribution in [0.2, 0.25) is 0 Å². The Bertz CT molecular complexity index is 1170. The van der Waals surface area contributed by atoms with Crippen molar-refractivity contribution < 1.29 is 19.1 Å². The van der Waals surface area contributed by atoms with Crippen molar-refractivity contribution in [3.8, 4) is 11.5 Å². The first-order chi connectivity index (χ1) is 14.0. The molecular formula is C22H21N3O4. The number of carbonyl (C=O) groups excluding carboxylic acids is 2. The molecule has 5 rings (SSSR count). The second-order valence-electron chi connectivity index (χ2n) is 7.46. The van der Waals surface area contributed by atoms with E-state index in [2.05, 4.69) is 4.98 Å². The topological polar surface area (TPSA) is 74.9 Å². The zero-order valence-electron chi connectivity index (χ0n) is 16.5. The highest BCUT2D eigenvalue weighted by atomic mass is 16.5. The highest BCUT2D eigenvalue weighted by molar-refractivity contribution is 6.24. The first-order valence-electron chi connectivity index (χ1n) is 9.49. The number of carbonyl (C=O) groups is 2. The molecule has 0 saturated carbocycles. The third kappa shape index (κ3) is 2.18. The minimum atomic E-state index is -1.10. The summed E-state index contributed by atoms with van der Waals surface area (Å²) in [4.78, 5) is 33.4. The molecule has 3 amide bonds. The molecule has 0 radical (unpaired) electrons. The Morgan fingerprint density at radius 3 is 2.62 bits per heavy atom. The van der Waals surface area contributed by atoms with Gasteiger partial charge in [-0.1, -0.05) is 18.2 Å². The first kappa shape index (κ1) is 17.6. The Labute approximate surface area is 167 Å². The van der Waals surface area contributed by atoms with Gasteiger partial charge in [-0.05, 0) is 37.1 Å². The number of urea groups is 1. The van der Waals surface area contributed by atoms with Crippen molar-refractivity contribution in [3.05, 3.63) is 53.7 Å². The Hall–Kier alpha value is -3.48. The van der Waals surface area contributed by atoms with Crippen LogP contribution in [0, 0.1) is 0 Å². The molecule has 1 fully saturated rings. The van der Waals surface area contributed by atoms with E-state index in [-0.39, 0.29) is 11.9 Å². The van der Waals surface area contributed by atoms with Gasteiger partial charge in [0, 0.05) is 23.5 Å². The van der Waals surface area contributed by atoms with Crippen molar-refractivity contribution in [2.45, 2.75) is 18.9 Å². The van der Waals surface area contributed by atoms with Gasteiger partial charge in [0.2, 0.25) is 0 Å². The second-order valence-corrected chi connectivity index (χ2v) is 7.46. The molecule has 7 nitrogen and oxygen atoms in total. The van der Waals surface area contributed by atoms with Gasteiger partial charge < -0.3 is 19.4 Å². The lowest BCUT2D eigenvalue weighted by molar-refractivity contribution is -0.125. The normalized spacial score (nSPS) is 20.8. The van der Waals surface area contributed by atoms with Gasteiger partial charge in [-0.3, -0.25) is 4.79 Å². The Morgan fingerprint density at radius 1 is 1.07 bits per heavy atom. The van der Waals surface area contributed by atoms with E-state index < -0.39 is 5.54 Å². The number of fused-ring (bicyclic) bond motifs is 5. The number of para-hydroxylation sites is 1. The van der Waals surface area contributed by atoms with Gasteiger partial charge in [-0.2, -0.15) is 0 Å². The number of methoxy groups -OCH3 is 2. The van der Waals surface area contributed by atoms with Crippen LogP contribution in [-0.2, 0) is 16.8 Å². The van der Waals surface area contributed by atoms with E-state index in [0.717, 1.165) is 22.2 Å². The van der Waals surface area contributed by atoms with Crippen LogP contribution in [-0.4, -0.2) is 42.6 Å². The zero-order chi connectivity index (χ0) is 20.3. The van der Waals surface area contributed by atoms with Gasteiger partial charge in [0.05, 0.1) is 25.6 Å². The smallest absolute Gasteiger partial charge is 0.332 e. The molecule has 2 aliphatic rings. The van der Waals surface area contributed by atoms with E-state index in [1.165, 1.54) is 12.0 Å². The lowest BCUT2D eigenvalue weighted by Crippen LogP contribution is -2.49. The maximum absolute atomic E-state index is 13.7. The van der Waals surface area contributed by atoms with E-state index in [4.69, 9.17) is 9.47 Å². The number of anilines is 1. The molecule has 2 aromatic carbocycles. The van der Waals surface area contributed by atoms with E-state index in [1.54, 1.807) is 30.2 Å². The fourth-order valence-corrected chi connectivity index (χ4v) is 4.58. The molecule has 1 N–H and O–H groups in total. The summed E-state index contributed by atoms with van der Waals surface area (Å²) >= 11 is 0. The molecule has 0 unspecified atom stereocenters. The fourth-order valence-electron chi connectivity index (χ4n) is 4.58. The number of ether oxygens (including phenoxy) is 2. The molecule has 0 aliphatic carbocycles. The van der Waals surface area contributed by atoms with Crippen LogP contribution < -0.4 is 14.4 Å². The van der Waals surface area contributed by atoms with E-state index in [0.29, 0.717) is 30.2 Å². The van der Waals surface area contributed by atoms with Gasteiger partial charge >= 0.3 is 6.03 Å². The molecule has 1 aromatic heterocycles. The Kier molecular flexibility index (Phi) is 3.65. The van der Waals surface area contributed by atoms with Crippen LogP contribution in [0.15, 0.2) is 42.5 Å². The quantitative estimate of drug-likeness (QED) is 0.694. The van der Waals surface area contributed by atoms with Gasteiger partial charge in [0.15, 0.2) is 5.54 Å². The van der Waals surface area contributed by atoms with Crippen molar-refractivity contribution >= 4 is 28.5 Å². The van der Waals surface area contributed by atoms with Gasteiger partial charge in [0.1, 0.15) is 11.5 Å². The second kappa shape index (κ2) is 6.01. The summed E-state index contributed by atoms with van der Waals surface area (Å²) in [6.45, 7) is 2.28. The van der Waals surface area contributed by atoms with E-state index >= 15 is 0 Å². The molecule has 1 saturated heterocycles. The number of benzene rings is 2. The molecule has 3 aromatic rings. The average Bonchev–Trinajstić information content (AvgIpc) is 3.22. The van der Waals surface area contributed by atoms with Gasteiger partial charge in [-0.15, -0.1) is 0 Å². The average molecular weight is 391 g/mol. The molecule has 0 spiro atoms. The van der Waals surface area contributed by atoms with Crippen molar-refractivity contribution in [3.63, 3.8) is 0 Å². The summed E-state index contributed by atoms with van der Waals surface area (Å²) in [6.07, 6.45) is 0.692. The SMILES string of the molecule is COc1ccc(OC)c(N2C(=O)N3CCc4c([nH]c5ccccc45)[C@]3(C)C2=O)c1. The largest absolute Gasteiger partial charge is 0.497 e. The summed E-state index contributed by atoms with van der Waals surface area (Å²) in [7, 11) is 3.06. The van der Waals surface area contributed by atoms with Crippen molar-refractivity contribution in [2.75, 3.05) is 25.7 Å². The van der Waals surface area contributed by atoms with Crippen molar-refractivity contribution in [2.24, 2.45) is 0 Å². The monoisotopic (exact) mass is 391 g/mol. The van der Waals surface area contributed by atoms with Crippen LogP contribution >= 0.6 is 0 Å². The summed E-state index contributed by atoms with van der Waals surface area (Å²) in [5.41, 5.74) is 2.14. The number of hydrogen-bond donors (Lipinski definition) is 1. The number of imide groups is 1. The number of amides is 3. The van der Waals surface area contributed by atoms with Crippen molar-refractivity contribution in [1.29, 1.82) is 0 Å². The summed E-state index contributed by atoms with van der Waals surface area (Å²) < 4.78 is 10.7. The third-order valence-corrected chi connectivity index (χ3v) is 6.09. The van der Waals surface area contributed by atoms with E-state index in [1.807, 2.05) is 31.2 Å². The number of nitrogens with one attached hydrogen (secondary N) is 1. The predicted molar refractivity (Wildman–Crippen MR) is 108 cm³/mol. The Balaban J connectivity index is 1.69. The van der Waals surface area contributed by atoms with Crippen LogP contribution in [0.1, 0.15) is 18.2 Å². The number of hydrogen-bond acceptors (Lipinski definition) is 4. The maximum atomic E-state index is 13.7. The third-order valence-electron chi connectivity index (χ3n) is 6.09. The molecular weight excluding hydrogens is 370 g/mol. The lowest BCUT2D eigenvalue weighted by Gasteiger charge is -2.35. The molecule has 7 heteroatoms. The molecule has 0 bridgehead atoms. The maximum Gasteiger partial charge on any atom is 0.332 e. The van der Waals surface area contributed by atoms with Crippen LogP contribution in [0.4, 0.5) is 10.5 Å². The molecule has 3 heterocycles. The number of aromatic amines is 1. The number of nitrogens with zero attached hydrogens (tertiary/aromatic N) is 2. The van der Waals surface area contributed by atoms with Gasteiger partial charge in [0.25, 0.3) is 5.91 Å². The fraction of sp³-hybridized carbons (Fsp3) is 0.273. The number of aromatic nitrogens is 1. The van der Waals surface area contributed by atoms with Crippen molar-refractivity contribution in [1.82, 2.24) is 9.88 Å². The molecule has 2 aliphatic heterocycles. The van der Waals surface area contributed by atoms with Crippen LogP contribution in [0.3, 0.4) is 0 Å². The number of H-pyrrole nitrogens is 1. The first-order valence-corrected chi connectivity index (χ1v) is 9.49. The summed E-state index contributed by atoms with van der Waals surface area (Å²) in [5.74, 6) is 0.678.